The molecule has 1 aromatic rings. The Morgan fingerprint density at radius 1 is 1.26 bits per heavy atom. The third-order valence-corrected chi connectivity index (χ3v) is 4.99. The average molecular weight is 278 g/mol. The third-order valence-electron chi connectivity index (χ3n) is 4.67. The smallest absolute Gasteiger partial charge is 0.161 e. The van der Waals surface area contributed by atoms with Gasteiger partial charge in [-0.15, -0.1) is 0 Å². The number of ketones is 1. The predicted octanol–water partition coefficient (Wildman–Crippen LogP) is 4.31. The van der Waals surface area contributed by atoms with E-state index >= 15 is 0 Å². The fourth-order valence-electron chi connectivity index (χ4n) is 3.69. The molecule has 2 aliphatic rings. The molecule has 1 saturated heterocycles. The number of carbonyl (C=O) groups excluding carboxylic acids is 1. The van der Waals surface area contributed by atoms with E-state index in [4.69, 9.17) is 11.6 Å². The molecule has 2 unspecified atom stereocenters. The summed E-state index contributed by atoms with van der Waals surface area (Å²) in [6.07, 6.45) is 6.71. The number of rotatable bonds is 2. The van der Waals surface area contributed by atoms with Gasteiger partial charge in [0, 0.05) is 23.8 Å². The van der Waals surface area contributed by atoms with Crippen LogP contribution in [0.25, 0.3) is 0 Å². The molecule has 2 nitrogen and oxygen atoms in total. The summed E-state index contributed by atoms with van der Waals surface area (Å²) in [7, 11) is 0. The monoisotopic (exact) mass is 277 g/mol. The van der Waals surface area contributed by atoms with Gasteiger partial charge in [0.15, 0.2) is 5.78 Å². The average Bonchev–Trinajstić information content (AvgIpc) is 2.82. The predicted molar refractivity (Wildman–Crippen MR) is 79.2 cm³/mol. The molecular formula is C16H20ClNO. The second-order valence-corrected chi connectivity index (χ2v) is 6.22. The second kappa shape index (κ2) is 5.16. The standard InChI is InChI=1S/C16H20ClNO/c1-11(19)14-7-6-13(10-15(14)17)18-9-8-12-4-2-3-5-16(12)18/h6-7,10,12,16H,2-5,8-9H2,1H3. The van der Waals surface area contributed by atoms with E-state index in [1.54, 1.807) is 6.92 Å². The van der Waals surface area contributed by atoms with Gasteiger partial charge in [0.1, 0.15) is 0 Å². The molecule has 1 saturated carbocycles. The molecule has 0 amide bonds. The van der Waals surface area contributed by atoms with E-state index in [1.807, 2.05) is 12.1 Å². The minimum atomic E-state index is 0.0357. The Morgan fingerprint density at radius 3 is 2.79 bits per heavy atom. The lowest BCUT2D eigenvalue weighted by Crippen LogP contribution is -2.34. The van der Waals surface area contributed by atoms with Crippen molar-refractivity contribution in [3.05, 3.63) is 28.8 Å². The van der Waals surface area contributed by atoms with Crippen LogP contribution in [0.4, 0.5) is 5.69 Å². The lowest BCUT2D eigenvalue weighted by molar-refractivity contribution is 0.101. The van der Waals surface area contributed by atoms with Crippen LogP contribution in [0.1, 0.15) is 49.4 Å². The van der Waals surface area contributed by atoms with Gasteiger partial charge in [-0.2, -0.15) is 0 Å². The summed E-state index contributed by atoms with van der Waals surface area (Å²) in [6, 6.07) is 6.58. The van der Waals surface area contributed by atoms with Crippen molar-refractivity contribution < 1.29 is 4.79 Å². The first-order valence-corrected chi connectivity index (χ1v) is 7.62. The molecule has 1 aliphatic carbocycles. The van der Waals surface area contributed by atoms with Crippen LogP contribution in [-0.4, -0.2) is 18.4 Å². The van der Waals surface area contributed by atoms with Gasteiger partial charge < -0.3 is 4.90 Å². The molecule has 0 spiro atoms. The second-order valence-electron chi connectivity index (χ2n) is 5.81. The van der Waals surface area contributed by atoms with Crippen LogP contribution in [0.2, 0.25) is 5.02 Å². The summed E-state index contributed by atoms with van der Waals surface area (Å²) in [6.45, 7) is 2.69. The van der Waals surface area contributed by atoms with Gasteiger partial charge in [-0.05, 0) is 50.3 Å². The summed E-state index contributed by atoms with van der Waals surface area (Å²) >= 11 is 6.23. The molecule has 0 bridgehead atoms. The van der Waals surface area contributed by atoms with Crippen LogP contribution in [-0.2, 0) is 0 Å². The number of nitrogens with zero attached hydrogens (tertiary/aromatic N) is 1. The number of anilines is 1. The molecule has 1 heterocycles. The van der Waals surface area contributed by atoms with Crippen LogP contribution < -0.4 is 4.90 Å². The normalized spacial score (nSPS) is 26.3. The number of hydrogen-bond donors (Lipinski definition) is 0. The first-order valence-electron chi connectivity index (χ1n) is 7.24. The van der Waals surface area contributed by atoms with Crippen molar-refractivity contribution in [1.29, 1.82) is 0 Å². The Hall–Kier alpha value is -1.02. The lowest BCUT2D eigenvalue weighted by atomic mass is 9.85. The maximum absolute atomic E-state index is 11.4. The lowest BCUT2D eigenvalue weighted by Gasteiger charge is -2.33. The Balaban J connectivity index is 1.86. The number of benzene rings is 1. The highest BCUT2D eigenvalue weighted by Crippen LogP contribution is 2.39. The maximum atomic E-state index is 11.4. The highest BCUT2D eigenvalue weighted by Gasteiger charge is 2.35. The first-order chi connectivity index (χ1) is 9.16. The summed E-state index contributed by atoms with van der Waals surface area (Å²) in [4.78, 5) is 13.9. The molecule has 0 radical (unpaired) electrons. The molecule has 0 N–H and O–H groups in total. The molecule has 2 fully saturated rings. The summed E-state index contributed by atoms with van der Waals surface area (Å²) in [5, 5.41) is 0.587. The molecular weight excluding hydrogens is 258 g/mol. The number of carbonyl (C=O) groups is 1. The Kier molecular flexibility index (Phi) is 3.53. The zero-order valence-corrected chi connectivity index (χ0v) is 12.1. The molecule has 1 aromatic carbocycles. The van der Waals surface area contributed by atoms with Crippen molar-refractivity contribution in [2.24, 2.45) is 5.92 Å². The van der Waals surface area contributed by atoms with Gasteiger partial charge in [-0.25, -0.2) is 0 Å². The van der Waals surface area contributed by atoms with Crippen molar-refractivity contribution >= 4 is 23.1 Å². The zero-order chi connectivity index (χ0) is 13.4. The van der Waals surface area contributed by atoms with E-state index in [9.17, 15) is 4.79 Å². The highest BCUT2D eigenvalue weighted by molar-refractivity contribution is 6.34. The fourth-order valence-corrected chi connectivity index (χ4v) is 4.00. The SMILES string of the molecule is CC(=O)c1ccc(N2CCC3CCCCC32)cc1Cl. The Bertz CT molecular complexity index is 500. The fraction of sp³-hybridized carbons (Fsp3) is 0.562. The molecule has 19 heavy (non-hydrogen) atoms. The minimum absolute atomic E-state index is 0.0357. The Labute approximate surface area is 119 Å². The molecule has 3 heteroatoms. The molecule has 0 aromatic heterocycles. The first kappa shape index (κ1) is 13.0. The van der Waals surface area contributed by atoms with E-state index in [-0.39, 0.29) is 5.78 Å². The number of halogens is 1. The van der Waals surface area contributed by atoms with E-state index in [2.05, 4.69) is 11.0 Å². The zero-order valence-electron chi connectivity index (χ0n) is 11.4. The van der Waals surface area contributed by atoms with E-state index in [0.717, 1.165) is 12.5 Å². The number of Topliss-reactive ketones (excluding diaryl/α,β-unsaturated/α-hetero) is 1. The summed E-state index contributed by atoms with van der Waals surface area (Å²) in [5.74, 6) is 0.897. The van der Waals surface area contributed by atoms with E-state index in [1.165, 1.54) is 37.8 Å². The van der Waals surface area contributed by atoms with Crippen LogP contribution in [0.5, 0.6) is 0 Å². The molecule has 3 rings (SSSR count). The van der Waals surface area contributed by atoms with E-state index in [0.29, 0.717) is 16.6 Å². The number of hydrogen-bond acceptors (Lipinski definition) is 2. The van der Waals surface area contributed by atoms with Crippen molar-refractivity contribution in [3.63, 3.8) is 0 Å². The van der Waals surface area contributed by atoms with Crippen molar-refractivity contribution in [3.8, 4) is 0 Å². The molecule has 102 valence electrons. The molecule has 1 aliphatic heterocycles. The summed E-state index contributed by atoms with van der Waals surface area (Å²) < 4.78 is 0. The minimum Gasteiger partial charge on any atom is -0.368 e. The van der Waals surface area contributed by atoms with Gasteiger partial charge in [-0.1, -0.05) is 24.4 Å². The number of fused-ring (bicyclic) bond motifs is 1. The van der Waals surface area contributed by atoms with Gasteiger partial charge in [-0.3, -0.25) is 4.79 Å². The largest absolute Gasteiger partial charge is 0.368 e. The topological polar surface area (TPSA) is 20.3 Å². The van der Waals surface area contributed by atoms with Crippen LogP contribution in [0, 0.1) is 5.92 Å². The van der Waals surface area contributed by atoms with Crippen LogP contribution in [0.3, 0.4) is 0 Å². The van der Waals surface area contributed by atoms with Gasteiger partial charge in [0.25, 0.3) is 0 Å². The van der Waals surface area contributed by atoms with Crippen molar-refractivity contribution in [1.82, 2.24) is 0 Å². The van der Waals surface area contributed by atoms with Crippen molar-refractivity contribution in [2.75, 3.05) is 11.4 Å². The Morgan fingerprint density at radius 2 is 2.05 bits per heavy atom. The third kappa shape index (κ3) is 2.38. The van der Waals surface area contributed by atoms with Crippen molar-refractivity contribution in [2.45, 2.75) is 45.1 Å². The van der Waals surface area contributed by atoms with Crippen LogP contribution >= 0.6 is 11.6 Å². The van der Waals surface area contributed by atoms with Gasteiger partial charge in [0.2, 0.25) is 0 Å². The summed E-state index contributed by atoms with van der Waals surface area (Å²) in [5.41, 5.74) is 1.81. The quantitative estimate of drug-likeness (QED) is 0.751. The molecule has 2 atom stereocenters. The van der Waals surface area contributed by atoms with E-state index < -0.39 is 0 Å². The van der Waals surface area contributed by atoms with Gasteiger partial charge in [0.05, 0.1) is 5.02 Å². The van der Waals surface area contributed by atoms with Crippen LogP contribution in [0.15, 0.2) is 18.2 Å². The van der Waals surface area contributed by atoms with Gasteiger partial charge >= 0.3 is 0 Å². The highest BCUT2D eigenvalue weighted by atomic mass is 35.5. The maximum Gasteiger partial charge on any atom is 0.161 e.